The van der Waals surface area contributed by atoms with Gasteiger partial charge in [-0.25, -0.2) is 8.78 Å². The zero-order valence-corrected chi connectivity index (χ0v) is 10.6. The highest BCUT2D eigenvalue weighted by atomic mass is 79.9. The summed E-state index contributed by atoms with van der Waals surface area (Å²) in [7, 11) is 0. The van der Waals surface area contributed by atoms with Crippen molar-refractivity contribution in [2.45, 2.75) is 32.1 Å². The van der Waals surface area contributed by atoms with E-state index in [1.165, 1.54) is 0 Å². The van der Waals surface area contributed by atoms with Crippen molar-refractivity contribution in [1.82, 2.24) is 0 Å². The number of ketones is 1. The van der Waals surface area contributed by atoms with E-state index in [0.717, 1.165) is 6.07 Å². The van der Waals surface area contributed by atoms with Crippen LogP contribution < -0.4 is 0 Å². The van der Waals surface area contributed by atoms with Crippen LogP contribution in [0.3, 0.4) is 0 Å². The molecule has 0 spiro atoms. The molecule has 1 aliphatic rings. The Bertz CT molecular complexity index is 480. The van der Waals surface area contributed by atoms with Crippen LogP contribution in [0.5, 0.6) is 0 Å². The van der Waals surface area contributed by atoms with Gasteiger partial charge >= 0.3 is 0 Å². The van der Waals surface area contributed by atoms with E-state index < -0.39 is 17.0 Å². The van der Waals surface area contributed by atoms with Gasteiger partial charge in [0.2, 0.25) is 0 Å². The van der Waals surface area contributed by atoms with E-state index >= 15 is 0 Å². The maximum Gasteiger partial charge on any atom is 0.162 e. The quantitative estimate of drug-likeness (QED) is 0.668. The fraction of sp³-hybridized carbons (Fsp3) is 0.417. The predicted molar refractivity (Wildman–Crippen MR) is 60.4 cm³/mol. The molecule has 0 fully saturated rings. The molecular formula is C12H11BrF2O. The molecule has 0 heterocycles. The van der Waals surface area contributed by atoms with Gasteiger partial charge in [0, 0.05) is 16.3 Å². The number of carbonyl (C=O) groups excluding carboxylic acids is 1. The van der Waals surface area contributed by atoms with Gasteiger partial charge in [0.15, 0.2) is 11.6 Å². The summed E-state index contributed by atoms with van der Waals surface area (Å²) in [6, 6.07) is 1.09. The Labute approximate surface area is 101 Å². The Hall–Kier alpha value is -0.770. The third-order valence-electron chi connectivity index (χ3n) is 3.19. The van der Waals surface area contributed by atoms with E-state index in [-0.39, 0.29) is 18.6 Å². The van der Waals surface area contributed by atoms with Gasteiger partial charge in [-0.15, -0.1) is 0 Å². The molecule has 1 nitrogen and oxygen atoms in total. The average molecular weight is 289 g/mol. The molecule has 0 aromatic heterocycles. The van der Waals surface area contributed by atoms with Gasteiger partial charge in [0.05, 0.1) is 0 Å². The van der Waals surface area contributed by atoms with Crippen LogP contribution in [0.25, 0.3) is 0 Å². The summed E-state index contributed by atoms with van der Waals surface area (Å²) in [5, 5.41) is 0. The van der Waals surface area contributed by atoms with Crippen molar-refractivity contribution in [1.29, 1.82) is 0 Å². The number of benzene rings is 1. The van der Waals surface area contributed by atoms with E-state index in [2.05, 4.69) is 15.9 Å². The van der Waals surface area contributed by atoms with Crippen LogP contribution in [-0.2, 0) is 16.6 Å². The Kier molecular flexibility index (Phi) is 2.65. The summed E-state index contributed by atoms with van der Waals surface area (Å²) < 4.78 is 27.3. The second-order valence-corrected chi connectivity index (χ2v) is 5.41. The summed E-state index contributed by atoms with van der Waals surface area (Å²) in [5.41, 5.74) is 0.167. The van der Waals surface area contributed by atoms with Crippen molar-refractivity contribution >= 4 is 21.7 Å². The molecule has 1 aliphatic carbocycles. The third-order valence-corrected chi connectivity index (χ3v) is 3.82. The molecule has 0 unspecified atom stereocenters. The van der Waals surface area contributed by atoms with Crippen LogP contribution in [0.15, 0.2) is 10.5 Å². The monoisotopic (exact) mass is 288 g/mol. The molecule has 0 atom stereocenters. The second-order valence-electron chi connectivity index (χ2n) is 4.56. The SMILES string of the molecule is CC1(C)C(=O)CCc2c(F)c(F)cc(Br)c21. The first-order chi connectivity index (χ1) is 7.35. The van der Waals surface area contributed by atoms with Crippen LogP contribution in [0, 0.1) is 11.6 Å². The highest BCUT2D eigenvalue weighted by Gasteiger charge is 2.38. The summed E-state index contributed by atoms with van der Waals surface area (Å²) in [5.74, 6) is -1.62. The largest absolute Gasteiger partial charge is 0.299 e. The summed E-state index contributed by atoms with van der Waals surface area (Å²) in [6.45, 7) is 3.49. The number of hydrogen-bond donors (Lipinski definition) is 0. The molecule has 0 saturated carbocycles. The van der Waals surface area contributed by atoms with E-state index in [4.69, 9.17) is 0 Å². The summed E-state index contributed by atoms with van der Waals surface area (Å²) in [6.07, 6.45) is 0.548. The molecule has 0 amide bonds. The van der Waals surface area contributed by atoms with Crippen molar-refractivity contribution in [3.63, 3.8) is 0 Å². The Morgan fingerprint density at radius 1 is 1.31 bits per heavy atom. The zero-order chi connectivity index (χ0) is 12.1. The molecule has 1 aromatic carbocycles. The molecule has 0 aliphatic heterocycles. The highest BCUT2D eigenvalue weighted by Crippen LogP contribution is 2.40. The predicted octanol–water partition coefficient (Wildman–Crippen LogP) is 3.52. The first kappa shape index (κ1) is 11.7. The molecule has 0 bridgehead atoms. The molecule has 1 aromatic rings. The van der Waals surface area contributed by atoms with Gasteiger partial charge in [-0.05, 0) is 37.5 Å². The van der Waals surface area contributed by atoms with Crippen LogP contribution in [0.4, 0.5) is 8.78 Å². The fourth-order valence-corrected chi connectivity index (χ4v) is 3.18. The van der Waals surface area contributed by atoms with E-state index in [1.54, 1.807) is 13.8 Å². The van der Waals surface area contributed by atoms with Crippen molar-refractivity contribution in [3.05, 3.63) is 33.3 Å². The number of hydrogen-bond acceptors (Lipinski definition) is 1. The fourth-order valence-electron chi connectivity index (χ4n) is 2.25. The Balaban J connectivity index is 2.77. The van der Waals surface area contributed by atoms with Crippen LogP contribution in [0.2, 0.25) is 0 Å². The minimum absolute atomic E-state index is 0.0618. The maximum absolute atomic E-state index is 13.6. The summed E-state index contributed by atoms with van der Waals surface area (Å²) in [4.78, 5) is 11.8. The minimum Gasteiger partial charge on any atom is -0.299 e. The van der Waals surface area contributed by atoms with E-state index in [0.29, 0.717) is 15.6 Å². The van der Waals surface area contributed by atoms with Gasteiger partial charge in [-0.1, -0.05) is 15.9 Å². The van der Waals surface area contributed by atoms with Gasteiger partial charge in [-0.2, -0.15) is 0 Å². The number of halogens is 3. The van der Waals surface area contributed by atoms with Gasteiger partial charge in [0.1, 0.15) is 5.78 Å². The Morgan fingerprint density at radius 3 is 2.56 bits per heavy atom. The van der Waals surface area contributed by atoms with Crippen molar-refractivity contribution < 1.29 is 13.6 Å². The zero-order valence-electron chi connectivity index (χ0n) is 9.03. The number of fused-ring (bicyclic) bond motifs is 1. The second kappa shape index (κ2) is 3.62. The summed E-state index contributed by atoms with van der Waals surface area (Å²) >= 11 is 3.21. The topological polar surface area (TPSA) is 17.1 Å². The van der Waals surface area contributed by atoms with E-state index in [9.17, 15) is 13.6 Å². The Morgan fingerprint density at radius 2 is 1.94 bits per heavy atom. The maximum atomic E-state index is 13.6. The minimum atomic E-state index is -0.865. The standard InChI is InChI=1S/C12H11BrF2O/c1-12(2)9(16)4-3-6-10(12)7(13)5-8(14)11(6)15/h5H,3-4H2,1-2H3. The van der Waals surface area contributed by atoms with Crippen molar-refractivity contribution in [2.75, 3.05) is 0 Å². The highest BCUT2D eigenvalue weighted by molar-refractivity contribution is 9.10. The number of rotatable bonds is 0. The molecule has 2 rings (SSSR count). The average Bonchev–Trinajstić information content (AvgIpc) is 2.18. The lowest BCUT2D eigenvalue weighted by molar-refractivity contribution is -0.124. The molecule has 16 heavy (non-hydrogen) atoms. The smallest absolute Gasteiger partial charge is 0.162 e. The first-order valence-corrected chi connectivity index (χ1v) is 5.85. The molecule has 86 valence electrons. The number of carbonyl (C=O) groups is 1. The van der Waals surface area contributed by atoms with Crippen molar-refractivity contribution in [2.24, 2.45) is 0 Å². The third kappa shape index (κ3) is 1.51. The molecule has 0 N–H and O–H groups in total. The van der Waals surface area contributed by atoms with E-state index in [1.807, 2.05) is 0 Å². The molecule has 4 heteroatoms. The molecular weight excluding hydrogens is 278 g/mol. The molecule has 0 radical (unpaired) electrons. The molecule has 0 saturated heterocycles. The van der Waals surface area contributed by atoms with Crippen LogP contribution >= 0.6 is 15.9 Å². The normalized spacial score (nSPS) is 18.4. The lowest BCUT2D eigenvalue weighted by atomic mass is 9.71. The lowest BCUT2D eigenvalue weighted by Gasteiger charge is -2.32. The van der Waals surface area contributed by atoms with Gasteiger partial charge in [0.25, 0.3) is 0 Å². The number of Topliss-reactive ketones (excluding diaryl/α,β-unsaturated/α-hetero) is 1. The van der Waals surface area contributed by atoms with Gasteiger partial charge < -0.3 is 0 Å². The van der Waals surface area contributed by atoms with Crippen LogP contribution in [0.1, 0.15) is 31.4 Å². The van der Waals surface area contributed by atoms with Gasteiger partial charge in [-0.3, -0.25) is 4.79 Å². The van der Waals surface area contributed by atoms with Crippen molar-refractivity contribution in [3.8, 4) is 0 Å². The lowest BCUT2D eigenvalue weighted by Crippen LogP contribution is -2.35. The van der Waals surface area contributed by atoms with Crippen LogP contribution in [-0.4, -0.2) is 5.78 Å². The first-order valence-electron chi connectivity index (χ1n) is 5.06.